The molecule has 1 saturated carbocycles. The van der Waals surface area contributed by atoms with Gasteiger partial charge in [-0.25, -0.2) is 4.98 Å². The zero-order chi connectivity index (χ0) is 13.2. The van der Waals surface area contributed by atoms with E-state index in [1.807, 2.05) is 0 Å². The van der Waals surface area contributed by atoms with Crippen molar-refractivity contribution < 1.29 is 10.0 Å². The van der Waals surface area contributed by atoms with Crippen LogP contribution in [0.3, 0.4) is 0 Å². The number of pyridine rings is 1. The molecule has 4 N–H and O–H groups in total. The minimum absolute atomic E-state index is 0.0194. The van der Waals surface area contributed by atoms with Gasteiger partial charge in [0.2, 0.25) is 5.82 Å². The molecule has 1 aliphatic carbocycles. The number of anilines is 2. The molecule has 0 aliphatic heterocycles. The monoisotopic (exact) mass is 252 g/mol. The maximum atomic E-state index is 10.6. The standard InChI is InChI=1S/C11H16N4O3/c12-10-8(15(17)18)3-4-9(13-10)14-11(7-16)5-1-2-6-11/h3-4,16H,1-2,5-7H2,(H3,12,13,14). The van der Waals surface area contributed by atoms with Crippen molar-refractivity contribution in [3.63, 3.8) is 0 Å². The number of aliphatic hydroxyl groups is 1. The van der Waals surface area contributed by atoms with E-state index >= 15 is 0 Å². The molecule has 0 saturated heterocycles. The summed E-state index contributed by atoms with van der Waals surface area (Å²) in [6.45, 7) is 0.0194. The number of aliphatic hydroxyl groups excluding tert-OH is 1. The van der Waals surface area contributed by atoms with Crippen molar-refractivity contribution >= 4 is 17.3 Å². The molecule has 1 aromatic rings. The van der Waals surface area contributed by atoms with E-state index in [1.165, 1.54) is 12.1 Å². The second-order valence-corrected chi connectivity index (χ2v) is 4.63. The maximum Gasteiger partial charge on any atom is 0.311 e. The van der Waals surface area contributed by atoms with E-state index in [-0.39, 0.29) is 23.7 Å². The van der Waals surface area contributed by atoms with E-state index in [1.54, 1.807) is 0 Å². The summed E-state index contributed by atoms with van der Waals surface area (Å²) in [6, 6.07) is 2.84. The second kappa shape index (κ2) is 4.77. The van der Waals surface area contributed by atoms with Crippen molar-refractivity contribution in [2.75, 3.05) is 17.7 Å². The van der Waals surface area contributed by atoms with Gasteiger partial charge in [-0.15, -0.1) is 0 Å². The van der Waals surface area contributed by atoms with Gasteiger partial charge in [0.25, 0.3) is 0 Å². The SMILES string of the molecule is Nc1nc(NC2(CO)CCCC2)ccc1[N+](=O)[O-]. The predicted molar refractivity (Wildman–Crippen MR) is 67.2 cm³/mol. The van der Waals surface area contributed by atoms with Gasteiger partial charge in [0.1, 0.15) is 5.82 Å². The van der Waals surface area contributed by atoms with Crippen LogP contribution < -0.4 is 11.1 Å². The zero-order valence-corrected chi connectivity index (χ0v) is 9.93. The molecule has 0 radical (unpaired) electrons. The molecule has 0 unspecified atom stereocenters. The summed E-state index contributed by atoms with van der Waals surface area (Å²) in [5.74, 6) is 0.352. The number of rotatable bonds is 4. The Bertz CT molecular complexity index is 458. The number of nitro groups is 1. The highest BCUT2D eigenvalue weighted by Gasteiger charge is 2.33. The number of hydrogen-bond acceptors (Lipinski definition) is 6. The molecule has 0 aromatic carbocycles. The Hall–Kier alpha value is -1.89. The molecule has 0 atom stereocenters. The van der Waals surface area contributed by atoms with E-state index in [9.17, 15) is 15.2 Å². The van der Waals surface area contributed by atoms with Crippen LogP contribution in [0.15, 0.2) is 12.1 Å². The van der Waals surface area contributed by atoms with Crippen LogP contribution in [-0.4, -0.2) is 27.2 Å². The summed E-state index contributed by atoms with van der Waals surface area (Å²) >= 11 is 0. The van der Waals surface area contributed by atoms with Gasteiger partial charge in [0.15, 0.2) is 0 Å². The molecule has 0 amide bonds. The number of nitrogens with one attached hydrogen (secondary N) is 1. The summed E-state index contributed by atoms with van der Waals surface area (Å²) in [5, 5.41) is 23.2. The second-order valence-electron chi connectivity index (χ2n) is 4.63. The van der Waals surface area contributed by atoms with Gasteiger partial charge in [-0.1, -0.05) is 12.8 Å². The van der Waals surface area contributed by atoms with Crippen molar-refractivity contribution in [2.24, 2.45) is 0 Å². The highest BCUT2D eigenvalue weighted by molar-refractivity contribution is 5.57. The molecule has 18 heavy (non-hydrogen) atoms. The average Bonchev–Trinajstić information content (AvgIpc) is 2.78. The largest absolute Gasteiger partial charge is 0.394 e. The van der Waals surface area contributed by atoms with Gasteiger partial charge in [0.05, 0.1) is 17.1 Å². The van der Waals surface area contributed by atoms with Gasteiger partial charge >= 0.3 is 5.69 Å². The van der Waals surface area contributed by atoms with Crippen LogP contribution >= 0.6 is 0 Å². The normalized spacial score (nSPS) is 17.6. The first kappa shape index (κ1) is 12.6. The third-order valence-corrected chi connectivity index (χ3v) is 3.36. The molecule has 1 aliphatic rings. The lowest BCUT2D eigenvalue weighted by Crippen LogP contribution is -2.39. The molecule has 1 aromatic heterocycles. The van der Waals surface area contributed by atoms with Crippen LogP contribution in [0.1, 0.15) is 25.7 Å². The minimum Gasteiger partial charge on any atom is -0.394 e. The fourth-order valence-electron chi connectivity index (χ4n) is 2.34. The highest BCUT2D eigenvalue weighted by atomic mass is 16.6. The van der Waals surface area contributed by atoms with E-state index in [0.717, 1.165) is 25.7 Å². The van der Waals surface area contributed by atoms with E-state index in [4.69, 9.17) is 5.73 Å². The van der Waals surface area contributed by atoms with Gasteiger partial charge < -0.3 is 16.2 Å². The van der Waals surface area contributed by atoms with Gasteiger partial charge in [-0.2, -0.15) is 0 Å². The quantitative estimate of drug-likeness (QED) is 0.549. The lowest BCUT2D eigenvalue weighted by Gasteiger charge is -2.28. The molecule has 7 nitrogen and oxygen atoms in total. The van der Waals surface area contributed by atoms with Crippen molar-refractivity contribution in [3.8, 4) is 0 Å². The first-order valence-electron chi connectivity index (χ1n) is 5.86. The fraction of sp³-hybridized carbons (Fsp3) is 0.545. The third-order valence-electron chi connectivity index (χ3n) is 3.36. The van der Waals surface area contributed by atoms with Gasteiger partial charge in [-0.05, 0) is 18.9 Å². The average molecular weight is 252 g/mol. The minimum atomic E-state index is -0.566. The molecule has 0 spiro atoms. The predicted octanol–water partition coefficient (Wildman–Crippen LogP) is 1.29. The topological polar surface area (TPSA) is 114 Å². The van der Waals surface area contributed by atoms with E-state index in [0.29, 0.717) is 5.82 Å². The Labute approximate surface area is 104 Å². The summed E-state index contributed by atoms with van der Waals surface area (Å²) in [4.78, 5) is 14.0. The molecule has 7 heteroatoms. The van der Waals surface area contributed by atoms with Crippen molar-refractivity contribution in [1.82, 2.24) is 4.98 Å². The fourth-order valence-corrected chi connectivity index (χ4v) is 2.34. The highest BCUT2D eigenvalue weighted by Crippen LogP contribution is 2.33. The number of nitrogens with zero attached hydrogens (tertiary/aromatic N) is 2. The van der Waals surface area contributed by atoms with Crippen LogP contribution in [0.25, 0.3) is 0 Å². The number of nitrogens with two attached hydrogens (primary N) is 1. The Balaban J connectivity index is 2.19. The number of aromatic nitrogens is 1. The Morgan fingerprint density at radius 2 is 2.17 bits per heavy atom. The first-order chi connectivity index (χ1) is 8.56. The van der Waals surface area contributed by atoms with Crippen LogP contribution in [0.5, 0.6) is 0 Å². The molecule has 0 bridgehead atoms. The van der Waals surface area contributed by atoms with Crippen LogP contribution in [0.4, 0.5) is 17.3 Å². The maximum absolute atomic E-state index is 10.6. The van der Waals surface area contributed by atoms with Crippen LogP contribution in [0, 0.1) is 10.1 Å². The first-order valence-corrected chi connectivity index (χ1v) is 5.86. The summed E-state index contributed by atoms with van der Waals surface area (Å²) in [7, 11) is 0. The molecule has 1 fully saturated rings. The van der Waals surface area contributed by atoms with Crippen molar-refractivity contribution in [3.05, 3.63) is 22.2 Å². The number of nitrogen functional groups attached to an aromatic ring is 1. The summed E-state index contributed by atoms with van der Waals surface area (Å²) in [5.41, 5.74) is 4.96. The lowest BCUT2D eigenvalue weighted by molar-refractivity contribution is -0.384. The molecule has 1 heterocycles. The summed E-state index contributed by atoms with van der Waals surface area (Å²) in [6.07, 6.45) is 3.83. The Morgan fingerprint density at radius 3 is 2.67 bits per heavy atom. The van der Waals surface area contributed by atoms with Crippen LogP contribution in [-0.2, 0) is 0 Å². The molecular formula is C11H16N4O3. The van der Waals surface area contributed by atoms with E-state index < -0.39 is 4.92 Å². The Kier molecular flexibility index (Phi) is 3.33. The van der Waals surface area contributed by atoms with Gasteiger partial charge in [0, 0.05) is 6.07 Å². The molecular weight excluding hydrogens is 236 g/mol. The van der Waals surface area contributed by atoms with Crippen molar-refractivity contribution in [1.29, 1.82) is 0 Å². The van der Waals surface area contributed by atoms with Gasteiger partial charge in [-0.3, -0.25) is 10.1 Å². The zero-order valence-electron chi connectivity index (χ0n) is 9.93. The van der Waals surface area contributed by atoms with E-state index in [2.05, 4.69) is 10.3 Å². The van der Waals surface area contributed by atoms with Crippen molar-refractivity contribution in [2.45, 2.75) is 31.2 Å². The van der Waals surface area contributed by atoms with Crippen LogP contribution in [0.2, 0.25) is 0 Å². The summed E-state index contributed by atoms with van der Waals surface area (Å²) < 4.78 is 0. The third kappa shape index (κ3) is 2.35. The lowest BCUT2D eigenvalue weighted by atomic mass is 9.99. The smallest absolute Gasteiger partial charge is 0.311 e. The number of hydrogen-bond donors (Lipinski definition) is 3. The molecule has 2 rings (SSSR count). The molecule has 98 valence electrons. The Morgan fingerprint density at radius 1 is 1.50 bits per heavy atom.